The van der Waals surface area contributed by atoms with Crippen molar-refractivity contribution in [1.82, 2.24) is 15.1 Å². The average Bonchev–Trinajstić information content (AvgIpc) is 3.06. The van der Waals surface area contributed by atoms with Crippen molar-refractivity contribution < 1.29 is 5.11 Å². The molecule has 0 aliphatic carbocycles. The van der Waals surface area contributed by atoms with E-state index in [1.165, 1.54) is 0 Å². The van der Waals surface area contributed by atoms with Crippen LogP contribution < -0.4 is 5.32 Å². The molecule has 0 saturated carbocycles. The molecule has 19 heavy (non-hydrogen) atoms. The molecule has 2 atom stereocenters. The van der Waals surface area contributed by atoms with E-state index in [4.69, 9.17) is 0 Å². The molecule has 0 aromatic carbocycles. The number of nitrogens with zero attached hydrogens (tertiary/aromatic N) is 2. The third-order valence-corrected chi connectivity index (χ3v) is 4.32. The summed E-state index contributed by atoms with van der Waals surface area (Å²) >= 11 is 1.59. The molecule has 0 aliphatic rings. The van der Waals surface area contributed by atoms with Crippen LogP contribution in [-0.4, -0.2) is 27.5 Å². The summed E-state index contributed by atoms with van der Waals surface area (Å²) in [5.74, 6) is 0. The van der Waals surface area contributed by atoms with Gasteiger partial charge in [-0.3, -0.25) is 4.68 Å². The van der Waals surface area contributed by atoms with Crippen LogP contribution in [0.25, 0.3) is 0 Å². The van der Waals surface area contributed by atoms with Gasteiger partial charge in [0.05, 0.1) is 0 Å². The van der Waals surface area contributed by atoms with Crippen LogP contribution in [0, 0.1) is 0 Å². The van der Waals surface area contributed by atoms with E-state index < -0.39 is 5.60 Å². The smallest absolute Gasteiger partial charge is 0.108 e. The number of hydrogen-bond acceptors (Lipinski definition) is 4. The summed E-state index contributed by atoms with van der Waals surface area (Å²) < 4.78 is 1.93. The van der Waals surface area contributed by atoms with Crippen molar-refractivity contribution in [3.8, 4) is 0 Å². The Morgan fingerprint density at radius 2 is 2.37 bits per heavy atom. The standard InChI is InChI=1S/C14H21N3OS/c1-12(6-9-17-8-4-7-16-17)15-11-14(2,18)13-5-3-10-19-13/h3-5,7-8,10,12,15,18H,6,9,11H2,1-2H3. The van der Waals surface area contributed by atoms with Gasteiger partial charge in [-0.1, -0.05) is 6.07 Å². The third-order valence-electron chi connectivity index (χ3n) is 3.20. The summed E-state index contributed by atoms with van der Waals surface area (Å²) in [5.41, 5.74) is -0.797. The molecule has 0 radical (unpaired) electrons. The molecule has 4 nitrogen and oxygen atoms in total. The van der Waals surface area contributed by atoms with Crippen LogP contribution in [0.3, 0.4) is 0 Å². The minimum Gasteiger partial charge on any atom is -0.383 e. The van der Waals surface area contributed by atoms with Gasteiger partial charge in [-0.25, -0.2) is 0 Å². The molecule has 2 unspecified atom stereocenters. The topological polar surface area (TPSA) is 50.1 Å². The maximum Gasteiger partial charge on any atom is 0.108 e. The zero-order chi connectivity index (χ0) is 13.7. The summed E-state index contributed by atoms with van der Waals surface area (Å²) in [5, 5.41) is 20.0. The second-order valence-electron chi connectivity index (χ2n) is 5.09. The van der Waals surface area contributed by atoms with Crippen molar-refractivity contribution in [2.24, 2.45) is 0 Å². The molecule has 5 heteroatoms. The van der Waals surface area contributed by atoms with E-state index in [0.29, 0.717) is 12.6 Å². The normalized spacial score (nSPS) is 16.2. The molecular formula is C14H21N3OS. The first-order valence-electron chi connectivity index (χ1n) is 6.55. The van der Waals surface area contributed by atoms with Gasteiger partial charge in [-0.2, -0.15) is 5.10 Å². The van der Waals surface area contributed by atoms with Crippen molar-refractivity contribution in [2.75, 3.05) is 6.54 Å². The first-order chi connectivity index (χ1) is 9.08. The monoisotopic (exact) mass is 279 g/mol. The zero-order valence-corrected chi connectivity index (χ0v) is 12.2. The van der Waals surface area contributed by atoms with E-state index in [1.54, 1.807) is 17.5 Å². The Labute approximate surface area is 118 Å². The van der Waals surface area contributed by atoms with Crippen LogP contribution in [-0.2, 0) is 12.1 Å². The summed E-state index contributed by atoms with van der Waals surface area (Å²) in [6.07, 6.45) is 4.75. The van der Waals surface area contributed by atoms with Gasteiger partial charge >= 0.3 is 0 Å². The summed E-state index contributed by atoms with van der Waals surface area (Å²) in [6, 6.07) is 6.21. The molecule has 0 aliphatic heterocycles. The molecule has 0 saturated heterocycles. The minimum atomic E-state index is -0.797. The van der Waals surface area contributed by atoms with E-state index in [0.717, 1.165) is 17.8 Å². The SMILES string of the molecule is CC(CCn1cccn1)NCC(C)(O)c1cccs1. The Hall–Kier alpha value is -1.17. The molecule has 2 aromatic heterocycles. The molecule has 2 aromatic rings. The first-order valence-corrected chi connectivity index (χ1v) is 7.43. The lowest BCUT2D eigenvalue weighted by atomic mass is 10.0. The Morgan fingerprint density at radius 3 is 3.00 bits per heavy atom. The Morgan fingerprint density at radius 1 is 1.53 bits per heavy atom. The van der Waals surface area contributed by atoms with Gasteiger partial charge in [-0.15, -0.1) is 11.3 Å². The van der Waals surface area contributed by atoms with E-state index in [9.17, 15) is 5.11 Å². The summed E-state index contributed by atoms with van der Waals surface area (Å²) in [4.78, 5) is 0.999. The molecule has 0 fully saturated rings. The van der Waals surface area contributed by atoms with Crippen molar-refractivity contribution >= 4 is 11.3 Å². The largest absolute Gasteiger partial charge is 0.383 e. The predicted molar refractivity (Wildman–Crippen MR) is 78.2 cm³/mol. The van der Waals surface area contributed by atoms with Crippen LogP contribution in [0.2, 0.25) is 0 Å². The van der Waals surface area contributed by atoms with Gasteiger partial charge in [-0.05, 0) is 37.8 Å². The molecule has 2 heterocycles. The fourth-order valence-corrected chi connectivity index (χ4v) is 2.69. The van der Waals surface area contributed by atoms with E-state index in [-0.39, 0.29) is 0 Å². The lowest BCUT2D eigenvalue weighted by molar-refractivity contribution is 0.0576. The van der Waals surface area contributed by atoms with Crippen LogP contribution in [0.15, 0.2) is 36.0 Å². The lowest BCUT2D eigenvalue weighted by Gasteiger charge is -2.25. The Kier molecular flexibility index (Phi) is 4.74. The van der Waals surface area contributed by atoms with Crippen molar-refractivity contribution in [3.05, 3.63) is 40.8 Å². The second kappa shape index (κ2) is 6.32. The van der Waals surface area contributed by atoms with E-state index in [2.05, 4.69) is 17.3 Å². The van der Waals surface area contributed by atoms with Gasteiger partial charge < -0.3 is 10.4 Å². The third kappa shape index (κ3) is 4.16. The number of aliphatic hydroxyl groups is 1. The molecule has 104 valence electrons. The van der Waals surface area contributed by atoms with E-state index in [1.807, 2.05) is 41.4 Å². The van der Waals surface area contributed by atoms with E-state index >= 15 is 0 Å². The Balaban J connectivity index is 1.75. The van der Waals surface area contributed by atoms with Crippen LogP contribution in [0.5, 0.6) is 0 Å². The number of aryl methyl sites for hydroxylation is 1. The highest BCUT2D eigenvalue weighted by Crippen LogP contribution is 2.24. The molecule has 2 rings (SSSR count). The van der Waals surface area contributed by atoms with Gasteiger partial charge in [0.1, 0.15) is 5.60 Å². The molecule has 0 spiro atoms. The summed E-state index contributed by atoms with van der Waals surface area (Å²) in [6.45, 7) is 5.44. The van der Waals surface area contributed by atoms with Crippen molar-refractivity contribution in [3.63, 3.8) is 0 Å². The molecule has 2 N–H and O–H groups in total. The van der Waals surface area contributed by atoms with Gasteiger partial charge in [0.2, 0.25) is 0 Å². The lowest BCUT2D eigenvalue weighted by Crippen LogP contribution is -2.39. The first kappa shape index (κ1) is 14.2. The highest BCUT2D eigenvalue weighted by atomic mass is 32.1. The number of rotatable bonds is 7. The number of aromatic nitrogens is 2. The summed E-state index contributed by atoms with van der Waals surface area (Å²) in [7, 11) is 0. The fourth-order valence-electron chi connectivity index (χ4n) is 1.91. The number of thiophene rings is 1. The van der Waals surface area contributed by atoms with Crippen LogP contribution in [0.4, 0.5) is 0 Å². The van der Waals surface area contributed by atoms with Gasteiger partial charge in [0.25, 0.3) is 0 Å². The maximum atomic E-state index is 10.4. The van der Waals surface area contributed by atoms with Gasteiger partial charge in [0.15, 0.2) is 0 Å². The van der Waals surface area contributed by atoms with Crippen LogP contribution >= 0.6 is 11.3 Å². The molecular weight excluding hydrogens is 258 g/mol. The molecule has 0 bridgehead atoms. The quantitative estimate of drug-likeness (QED) is 0.817. The van der Waals surface area contributed by atoms with Crippen LogP contribution in [0.1, 0.15) is 25.1 Å². The zero-order valence-electron chi connectivity index (χ0n) is 11.4. The minimum absolute atomic E-state index is 0.343. The number of nitrogens with one attached hydrogen (secondary N) is 1. The number of hydrogen-bond donors (Lipinski definition) is 2. The maximum absolute atomic E-state index is 10.4. The average molecular weight is 279 g/mol. The highest BCUT2D eigenvalue weighted by Gasteiger charge is 2.24. The Bertz CT molecular complexity index is 465. The fraction of sp³-hybridized carbons (Fsp3) is 0.500. The van der Waals surface area contributed by atoms with Crippen molar-refractivity contribution in [1.29, 1.82) is 0 Å². The predicted octanol–water partition coefficient (Wildman–Crippen LogP) is 2.22. The molecule has 0 amide bonds. The second-order valence-corrected chi connectivity index (χ2v) is 6.04. The van der Waals surface area contributed by atoms with Crippen molar-refractivity contribution in [2.45, 2.75) is 38.5 Å². The highest BCUT2D eigenvalue weighted by molar-refractivity contribution is 7.10. The van der Waals surface area contributed by atoms with Gasteiger partial charge in [0, 0.05) is 36.4 Å².